The van der Waals surface area contributed by atoms with Crippen molar-refractivity contribution in [1.29, 1.82) is 0 Å². The van der Waals surface area contributed by atoms with E-state index in [1.165, 1.54) is 6.26 Å². The summed E-state index contributed by atoms with van der Waals surface area (Å²) in [6.07, 6.45) is -2.70. The highest BCUT2D eigenvalue weighted by Gasteiger charge is 2.40. The predicted molar refractivity (Wildman–Crippen MR) is 110 cm³/mol. The van der Waals surface area contributed by atoms with Crippen LogP contribution in [0.1, 0.15) is 30.9 Å². The maximum absolute atomic E-state index is 14.7. The molecular formula is C25H15F9O2. The Labute approximate surface area is 198 Å². The number of hydrogen-bond acceptors (Lipinski definition) is 2. The average molecular weight is 518 g/mol. The first-order valence-corrected chi connectivity index (χ1v) is 10.4. The van der Waals surface area contributed by atoms with Crippen molar-refractivity contribution >= 4 is 5.57 Å². The molecule has 2 nitrogen and oxygen atoms in total. The van der Waals surface area contributed by atoms with Gasteiger partial charge < -0.3 is 9.47 Å². The molecule has 190 valence electrons. The number of ether oxygens (including phenoxy) is 2. The zero-order valence-electron chi connectivity index (χ0n) is 18.3. The van der Waals surface area contributed by atoms with Gasteiger partial charge in [-0.3, -0.25) is 0 Å². The smallest absolute Gasteiger partial charge is 0.429 e. The van der Waals surface area contributed by atoms with Gasteiger partial charge in [0, 0.05) is 17.7 Å². The molecule has 0 saturated heterocycles. The number of halogens is 9. The normalized spacial score (nSPS) is 15.9. The minimum atomic E-state index is -4.58. The Hall–Kier alpha value is -3.63. The monoisotopic (exact) mass is 518 g/mol. The first kappa shape index (κ1) is 25.5. The van der Waals surface area contributed by atoms with E-state index in [2.05, 4.69) is 4.74 Å². The number of benzene rings is 3. The van der Waals surface area contributed by atoms with E-state index in [4.69, 9.17) is 4.74 Å². The molecule has 0 saturated carbocycles. The molecule has 0 N–H and O–H groups in total. The second kappa shape index (κ2) is 9.44. The third-order valence-electron chi connectivity index (χ3n) is 5.54. The van der Waals surface area contributed by atoms with E-state index in [9.17, 15) is 39.5 Å². The van der Waals surface area contributed by atoms with Gasteiger partial charge in [0.15, 0.2) is 29.1 Å². The molecule has 3 aromatic carbocycles. The highest BCUT2D eigenvalue weighted by Crippen LogP contribution is 2.39. The molecule has 11 heteroatoms. The SMILES string of the molecule is CC1CCC(c2ccc(C(F)(F)Oc3cc(F)c(-c4cc(F)c(F)c(F)c4)c(F)c3)c(F)c2F)=CO1. The van der Waals surface area contributed by atoms with Crippen molar-refractivity contribution in [3.8, 4) is 16.9 Å². The molecule has 1 aliphatic rings. The first-order valence-electron chi connectivity index (χ1n) is 10.4. The quantitative estimate of drug-likeness (QED) is 0.252. The first-order chi connectivity index (χ1) is 16.9. The molecule has 3 aromatic rings. The number of rotatable bonds is 5. The molecule has 1 heterocycles. The van der Waals surface area contributed by atoms with Crippen LogP contribution in [0, 0.1) is 40.7 Å². The van der Waals surface area contributed by atoms with Crippen molar-refractivity contribution in [3.05, 3.63) is 94.5 Å². The lowest BCUT2D eigenvalue weighted by Gasteiger charge is -2.22. The van der Waals surface area contributed by atoms with E-state index in [-0.39, 0.29) is 29.4 Å². The Morgan fingerprint density at radius 3 is 1.97 bits per heavy atom. The molecule has 0 amide bonds. The lowest BCUT2D eigenvalue weighted by atomic mass is 9.97. The Morgan fingerprint density at radius 2 is 1.42 bits per heavy atom. The fourth-order valence-corrected chi connectivity index (χ4v) is 3.69. The van der Waals surface area contributed by atoms with Gasteiger partial charge in [-0.1, -0.05) is 6.07 Å². The number of allylic oxidation sites excluding steroid dienone is 1. The summed E-state index contributed by atoms with van der Waals surface area (Å²) < 4.78 is 137. The van der Waals surface area contributed by atoms with Crippen molar-refractivity contribution < 1.29 is 49.0 Å². The van der Waals surface area contributed by atoms with Crippen LogP contribution >= 0.6 is 0 Å². The van der Waals surface area contributed by atoms with Crippen molar-refractivity contribution in [2.24, 2.45) is 0 Å². The summed E-state index contributed by atoms with van der Waals surface area (Å²) in [5, 5.41) is 0. The molecule has 0 spiro atoms. The highest BCUT2D eigenvalue weighted by atomic mass is 19.3. The molecule has 0 aromatic heterocycles. The molecule has 0 radical (unpaired) electrons. The molecule has 0 aliphatic carbocycles. The lowest BCUT2D eigenvalue weighted by Crippen LogP contribution is -2.24. The van der Waals surface area contributed by atoms with E-state index in [1.54, 1.807) is 6.92 Å². The number of alkyl halides is 2. The van der Waals surface area contributed by atoms with Gasteiger partial charge in [-0.25, -0.2) is 30.7 Å². The average Bonchev–Trinajstić information content (AvgIpc) is 2.79. The van der Waals surface area contributed by atoms with Crippen LogP contribution in [0.2, 0.25) is 0 Å². The standard InChI is InChI=1S/C25H15F9O2/c1-11-2-3-12(10-35-11)15-4-5-16(23(31)22(15)30)25(33,34)36-14-8-17(26)21(18(27)9-14)13-6-19(28)24(32)20(29)7-13/h4-11H,2-3H2,1H3. The molecule has 1 atom stereocenters. The minimum absolute atomic E-state index is 0.146. The zero-order valence-corrected chi connectivity index (χ0v) is 18.3. The van der Waals surface area contributed by atoms with Crippen LogP contribution in [0.3, 0.4) is 0 Å². The second-order valence-electron chi connectivity index (χ2n) is 8.05. The summed E-state index contributed by atoms with van der Waals surface area (Å²) >= 11 is 0. The van der Waals surface area contributed by atoms with Gasteiger partial charge in [-0.05, 0) is 49.1 Å². The molecule has 0 bridgehead atoms. The minimum Gasteiger partial charge on any atom is -0.498 e. The summed E-state index contributed by atoms with van der Waals surface area (Å²) in [5.74, 6) is -13.2. The topological polar surface area (TPSA) is 18.5 Å². The van der Waals surface area contributed by atoms with Gasteiger partial charge >= 0.3 is 6.11 Å². The van der Waals surface area contributed by atoms with Gasteiger partial charge in [0.25, 0.3) is 0 Å². The maximum Gasteiger partial charge on any atom is 0.429 e. The van der Waals surface area contributed by atoms with Crippen LogP contribution in [0.15, 0.2) is 42.7 Å². The third-order valence-corrected chi connectivity index (χ3v) is 5.54. The van der Waals surface area contributed by atoms with Crippen LogP contribution in [0.25, 0.3) is 16.7 Å². The molecule has 0 fully saturated rings. The molecule has 36 heavy (non-hydrogen) atoms. The third kappa shape index (κ3) is 4.74. The Kier molecular flexibility index (Phi) is 6.68. The Balaban J connectivity index is 1.65. The summed E-state index contributed by atoms with van der Waals surface area (Å²) in [6, 6.07) is 2.58. The highest BCUT2D eigenvalue weighted by molar-refractivity contribution is 5.67. The van der Waals surface area contributed by atoms with Gasteiger partial charge in [-0.15, -0.1) is 0 Å². The molecular weight excluding hydrogens is 503 g/mol. The van der Waals surface area contributed by atoms with E-state index in [0.717, 1.165) is 6.07 Å². The van der Waals surface area contributed by atoms with Crippen LogP contribution in [-0.2, 0) is 10.8 Å². The number of hydrogen-bond donors (Lipinski definition) is 0. The van der Waals surface area contributed by atoms with Crippen LogP contribution in [-0.4, -0.2) is 6.10 Å². The van der Waals surface area contributed by atoms with Crippen molar-refractivity contribution in [3.63, 3.8) is 0 Å². The van der Waals surface area contributed by atoms with E-state index in [1.807, 2.05) is 0 Å². The van der Waals surface area contributed by atoms with Gasteiger partial charge in [0.1, 0.15) is 22.9 Å². The summed E-state index contributed by atoms with van der Waals surface area (Å²) in [7, 11) is 0. The molecule has 4 rings (SSSR count). The van der Waals surface area contributed by atoms with Gasteiger partial charge in [-0.2, -0.15) is 8.78 Å². The lowest BCUT2D eigenvalue weighted by molar-refractivity contribution is -0.187. The Morgan fingerprint density at radius 1 is 0.806 bits per heavy atom. The largest absolute Gasteiger partial charge is 0.498 e. The van der Waals surface area contributed by atoms with Crippen molar-refractivity contribution in [2.75, 3.05) is 0 Å². The van der Waals surface area contributed by atoms with Crippen molar-refractivity contribution in [1.82, 2.24) is 0 Å². The molecule has 1 aliphatic heterocycles. The summed E-state index contributed by atoms with van der Waals surface area (Å²) in [4.78, 5) is 0. The fraction of sp³-hybridized carbons (Fsp3) is 0.200. The molecule has 1 unspecified atom stereocenters. The summed E-state index contributed by atoms with van der Waals surface area (Å²) in [6.45, 7) is 1.76. The van der Waals surface area contributed by atoms with Crippen molar-refractivity contribution in [2.45, 2.75) is 32.0 Å². The predicted octanol–water partition coefficient (Wildman–Crippen LogP) is 8.00. The van der Waals surface area contributed by atoms with Gasteiger partial charge in [0.05, 0.1) is 17.9 Å². The van der Waals surface area contributed by atoms with E-state index >= 15 is 0 Å². The van der Waals surface area contributed by atoms with E-state index < -0.39 is 69.3 Å². The van der Waals surface area contributed by atoms with Crippen LogP contribution in [0.5, 0.6) is 5.75 Å². The second-order valence-corrected chi connectivity index (χ2v) is 8.05. The zero-order chi connectivity index (χ0) is 26.4. The maximum atomic E-state index is 14.7. The van der Waals surface area contributed by atoms with Crippen LogP contribution < -0.4 is 4.74 Å². The van der Waals surface area contributed by atoms with E-state index in [0.29, 0.717) is 31.0 Å². The van der Waals surface area contributed by atoms with Crippen LogP contribution in [0.4, 0.5) is 39.5 Å². The summed E-state index contributed by atoms with van der Waals surface area (Å²) in [5.41, 5.74) is -3.38. The fourth-order valence-electron chi connectivity index (χ4n) is 3.69. The van der Waals surface area contributed by atoms with Gasteiger partial charge in [0.2, 0.25) is 0 Å². The Bertz CT molecular complexity index is 1320.